The zero-order chi connectivity index (χ0) is 20.1. The maximum Gasteiger partial charge on any atom is 0.296 e. The molecule has 7 nitrogen and oxygen atoms in total. The molecule has 0 saturated heterocycles. The minimum Gasteiger partial charge on any atom is -0.496 e. The molecule has 1 amide bonds. The fourth-order valence-electron chi connectivity index (χ4n) is 4.73. The first-order valence-electron chi connectivity index (χ1n) is 9.77. The van der Waals surface area contributed by atoms with Crippen molar-refractivity contribution >= 4 is 28.2 Å². The van der Waals surface area contributed by atoms with E-state index < -0.39 is 6.04 Å². The molecule has 150 valence electrons. The molecule has 0 bridgehead atoms. The summed E-state index contributed by atoms with van der Waals surface area (Å²) in [5.74, 6) is 0.707. The van der Waals surface area contributed by atoms with Crippen molar-refractivity contribution in [2.75, 3.05) is 12.0 Å². The fourth-order valence-corrected chi connectivity index (χ4v) is 5.32. The number of hydrogen-bond donors (Lipinski definition) is 0. The minimum absolute atomic E-state index is 0.0130. The second-order valence-corrected chi connectivity index (χ2v) is 8.64. The van der Waals surface area contributed by atoms with Gasteiger partial charge in [0.2, 0.25) is 5.13 Å². The summed E-state index contributed by atoms with van der Waals surface area (Å²) in [6, 6.07) is 6.81. The first kappa shape index (κ1) is 18.3. The van der Waals surface area contributed by atoms with Gasteiger partial charge in [0.1, 0.15) is 23.4 Å². The van der Waals surface area contributed by atoms with Gasteiger partial charge >= 0.3 is 0 Å². The van der Waals surface area contributed by atoms with Crippen molar-refractivity contribution in [3.63, 3.8) is 0 Å². The van der Waals surface area contributed by atoms with Gasteiger partial charge in [-0.15, -0.1) is 10.2 Å². The summed E-state index contributed by atoms with van der Waals surface area (Å²) >= 11 is 1.26. The third kappa shape index (κ3) is 2.77. The zero-order valence-corrected chi connectivity index (χ0v) is 17.0. The molecule has 3 aliphatic rings. The van der Waals surface area contributed by atoms with Crippen molar-refractivity contribution in [1.29, 1.82) is 0 Å². The van der Waals surface area contributed by atoms with Gasteiger partial charge < -0.3 is 9.47 Å². The Labute approximate surface area is 172 Å². The first-order valence-corrected chi connectivity index (χ1v) is 10.7. The Bertz CT molecular complexity index is 1000. The number of methoxy groups -OCH3 is 1. The Hall–Kier alpha value is -2.74. The number of fused-ring (bicyclic) bond motifs is 1. The van der Waals surface area contributed by atoms with Crippen molar-refractivity contribution < 1.29 is 19.1 Å². The Kier molecular flexibility index (Phi) is 4.38. The molecule has 0 N–H and O–H groups in total. The third-order valence-electron chi connectivity index (χ3n) is 6.10. The quantitative estimate of drug-likeness (QED) is 0.771. The van der Waals surface area contributed by atoms with Crippen LogP contribution >= 0.6 is 11.3 Å². The summed E-state index contributed by atoms with van der Waals surface area (Å²) in [7, 11) is 1.58. The molecule has 1 saturated carbocycles. The van der Waals surface area contributed by atoms with E-state index in [4.69, 9.17) is 9.47 Å². The van der Waals surface area contributed by atoms with Crippen LogP contribution in [0.4, 0.5) is 5.13 Å². The second-order valence-electron chi connectivity index (χ2n) is 7.83. The van der Waals surface area contributed by atoms with Gasteiger partial charge in [-0.05, 0) is 31.2 Å². The Morgan fingerprint density at radius 1 is 1.24 bits per heavy atom. The lowest BCUT2D eigenvalue weighted by molar-refractivity contribution is -0.132. The van der Waals surface area contributed by atoms with Crippen LogP contribution in [0.3, 0.4) is 0 Å². The number of benzene rings is 1. The molecule has 5 rings (SSSR count). The van der Waals surface area contributed by atoms with Crippen LogP contribution in [-0.4, -0.2) is 35.1 Å². The molecule has 4 unspecified atom stereocenters. The summed E-state index contributed by atoms with van der Waals surface area (Å²) in [4.78, 5) is 28.6. The van der Waals surface area contributed by atoms with Gasteiger partial charge in [0, 0.05) is 5.56 Å². The van der Waals surface area contributed by atoms with Crippen LogP contribution in [0.25, 0.3) is 0 Å². The standard InChI is InChI=1S/C21H21N3O4S/c1-11-7-8-15-13(9-11)18(25)16-17(12-5-3-4-6-14(12)27-2)24(20(26)19(16)28-15)21-23-22-10-29-21/h3-6,10-11,13,15,17H,7-9H2,1-2H3. The summed E-state index contributed by atoms with van der Waals surface area (Å²) in [5, 5.41) is 8.43. The Morgan fingerprint density at radius 2 is 2.07 bits per heavy atom. The number of amides is 1. The molecule has 8 heteroatoms. The van der Waals surface area contributed by atoms with Crippen molar-refractivity contribution in [3.8, 4) is 5.75 Å². The molecule has 0 radical (unpaired) electrons. The highest BCUT2D eigenvalue weighted by Gasteiger charge is 2.54. The van der Waals surface area contributed by atoms with E-state index in [0.717, 1.165) is 24.8 Å². The smallest absolute Gasteiger partial charge is 0.296 e. The van der Waals surface area contributed by atoms with Crippen LogP contribution in [0, 0.1) is 11.8 Å². The number of ketones is 1. The van der Waals surface area contributed by atoms with Gasteiger partial charge in [0.15, 0.2) is 11.5 Å². The summed E-state index contributed by atoms with van der Waals surface area (Å²) in [5.41, 5.74) is 2.73. The fraction of sp³-hybridized carbons (Fsp3) is 0.429. The summed E-state index contributed by atoms with van der Waals surface area (Å²) in [6.45, 7) is 2.17. The molecule has 1 fully saturated rings. The van der Waals surface area contributed by atoms with Crippen LogP contribution < -0.4 is 9.64 Å². The lowest BCUT2D eigenvalue weighted by Crippen LogP contribution is -2.41. The average molecular weight is 411 g/mol. The predicted molar refractivity (Wildman–Crippen MR) is 107 cm³/mol. The number of para-hydroxylation sites is 1. The zero-order valence-electron chi connectivity index (χ0n) is 16.2. The highest BCUT2D eigenvalue weighted by molar-refractivity contribution is 7.13. The molecule has 0 spiro atoms. The average Bonchev–Trinajstić information content (AvgIpc) is 3.35. The molecule has 2 aromatic rings. The van der Waals surface area contributed by atoms with Gasteiger partial charge in [0.25, 0.3) is 5.91 Å². The van der Waals surface area contributed by atoms with Crippen LogP contribution in [0.15, 0.2) is 41.1 Å². The largest absolute Gasteiger partial charge is 0.496 e. The second kappa shape index (κ2) is 6.95. The van der Waals surface area contributed by atoms with E-state index in [1.165, 1.54) is 16.2 Å². The first-order chi connectivity index (χ1) is 14.1. The normalized spacial score (nSPS) is 28.8. The Balaban J connectivity index is 1.67. The van der Waals surface area contributed by atoms with E-state index in [1.807, 2.05) is 24.3 Å². The monoisotopic (exact) mass is 411 g/mol. The molecule has 1 aromatic heterocycles. The van der Waals surface area contributed by atoms with E-state index in [0.29, 0.717) is 22.4 Å². The van der Waals surface area contributed by atoms with Gasteiger partial charge in [-0.1, -0.05) is 36.5 Å². The number of ether oxygens (including phenoxy) is 2. The number of aromatic nitrogens is 2. The maximum absolute atomic E-state index is 13.6. The highest BCUT2D eigenvalue weighted by Crippen LogP contribution is 2.50. The predicted octanol–water partition coefficient (Wildman–Crippen LogP) is 3.29. The van der Waals surface area contributed by atoms with E-state index in [2.05, 4.69) is 17.1 Å². The van der Waals surface area contributed by atoms with Crippen molar-refractivity contribution in [2.45, 2.75) is 38.3 Å². The minimum atomic E-state index is -0.632. The number of Topliss-reactive ketones (excluding diaryl/α,β-unsaturated/α-hetero) is 1. The van der Waals surface area contributed by atoms with Crippen molar-refractivity contribution in [3.05, 3.63) is 46.7 Å². The number of rotatable bonds is 3. The van der Waals surface area contributed by atoms with Gasteiger partial charge in [-0.25, -0.2) is 0 Å². The topological polar surface area (TPSA) is 81.6 Å². The van der Waals surface area contributed by atoms with E-state index in [-0.39, 0.29) is 29.5 Å². The SMILES string of the molecule is COc1ccccc1C1C2=C(OC3CCC(C)CC3C2=O)C(=O)N1c1nncs1. The summed E-state index contributed by atoms with van der Waals surface area (Å²) < 4.78 is 11.7. The Morgan fingerprint density at radius 3 is 2.83 bits per heavy atom. The molecule has 2 aliphatic heterocycles. The number of carbonyl (C=O) groups excluding carboxylic acids is 2. The van der Waals surface area contributed by atoms with Gasteiger partial charge in [-0.2, -0.15) is 0 Å². The lowest BCUT2D eigenvalue weighted by atomic mass is 9.74. The number of nitrogens with zero attached hydrogens (tertiary/aromatic N) is 3. The number of anilines is 1. The molecular formula is C21H21N3O4S. The highest BCUT2D eigenvalue weighted by atomic mass is 32.1. The number of carbonyl (C=O) groups is 2. The summed E-state index contributed by atoms with van der Waals surface area (Å²) in [6.07, 6.45) is 2.35. The molecule has 29 heavy (non-hydrogen) atoms. The van der Waals surface area contributed by atoms with Crippen LogP contribution in [0.2, 0.25) is 0 Å². The third-order valence-corrected chi connectivity index (χ3v) is 6.79. The van der Waals surface area contributed by atoms with Crippen molar-refractivity contribution in [1.82, 2.24) is 10.2 Å². The van der Waals surface area contributed by atoms with E-state index >= 15 is 0 Å². The van der Waals surface area contributed by atoms with Crippen LogP contribution in [0.1, 0.15) is 37.8 Å². The molecule has 3 heterocycles. The van der Waals surface area contributed by atoms with E-state index in [9.17, 15) is 9.59 Å². The van der Waals surface area contributed by atoms with Crippen molar-refractivity contribution in [2.24, 2.45) is 11.8 Å². The molecule has 1 aliphatic carbocycles. The van der Waals surface area contributed by atoms with Gasteiger partial charge in [-0.3, -0.25) is 14.5 Å². The van der Waals surface area contributed by atoms with E-state index in [1.54, 1.807) is 12.6 Å². The molecule has 1 aromatic carbocycles. The lowest BCUT2D eigenvalue weighted by Gasteiger charge is -2.37. The molecular weight excluding hydrogens is 390 g/mol. The van der Waals surface area contributed by atoms with Crippen LogP contribution in [0.5, 0.6) is 5.75 Å². The van der Waals surface area contributed by atoms with Gasteiger partial charge in [0.05, 0.1) is 18.6 Å². The van der Waals surface area contributed by atoms with Crippen LogP contribution in [-0.2, 0) is 14.3 Å². The number of hydrogen-bond acceptors (Lipinski definition) is 7. The molecule has 4 atom stereocenters. The maximum atomic E-state index is 13.6.